The summed E-state index contributed by atoms with van der Waals surface area (Å²) < 4.78 is 20.0. The SMILES string of the molecule is COc1cc(-n2cnc(Nc3nc(N4CC5(CC5)C[C@H]4CO)c4cccn4n3)c2)cc(OC)c1OC. The van der Waals surface area contributed by atoms with Gasteiger partial charge in [-0.15, -0.1) is 5.10 Å². The third-order valence-electron chi connectivity index (χ3n) is 7.20. The molecule has 1 saturated heterocycles. The van der Waals surface area contributed by atoms with Gasteiger partial charge in [-0.2, -0.15) is 4.98 Å². The van der Waals surface area contributed by atoms with Gasteiger partial charge < -0.3 is 34.1 Å². The Bertz CT molecular complexity index is 1390. The number of nitrogens with zero attached hydrogens (tertiary/aromatic N) is 6. The first-order chi connectivity index (χ1) is 17.6. The lowest BCUT2D eigenvalue weighted by atomic mass is 10.0. The van der Waals surface area contributed by atoms with Crippen LogP contribution in [0.5, 0.6) is 17.2 Å². The number of rotatable bonds is 8. The molecule has 11 heteroatoms. The van der Waals surface area contributed by atoms with Gasteiger partial charge >= 0.3 is 0 Å². The second kappa shape index (κ2) is 8.59. The van der Waals surface area contributed by atoms with Crippen molar-refractivity contribution in [2.45, 2.75) is 25.3 Å². The smallest absolute Gasteiger partial charge is 0.248 e. The van der Waals surface area contributed by atoms with E-state index in [1.165, 1.54) is 12.8 Å². The van der Waals surface area contributed by atoms with Crippen molar-refractivity contribution < 1.29 is 19.3 Å². The van der Waals surface area contributed by atoms with Gasteiger partial charge in [-0.3, -0.25) is 0 Å². The van der Waals surface area contributed by atoms with Crippen molar-refractivity contribution in [2.24, 2.45) is 5.41 Å². The van der Waals surface area contributed by atoms with Gasteiger partial charge in [-0.05, 0) is 36.8 Å². The van der Waals surface area contributed by atoms with Crippen LogP contribution in [-0.2, 0) is 0 Å². The highest BCUT2D eigenvalue weighted by atomic mass is 16.5. The first kappa shape index (κ1) is 22.5. The Morgan fingerprint density at radius 1 is 1.14 bits per heavy atom. The molecule has 11 nitrogen and oxygen atoms in total. The van der Waals surface area contributed by atoms with Gasteiger partial charge in [-0.1, -0.05) is 0 Å². The van der Waals surface area contributed by atoms with E-state index in [0.29, 0.717) is 34.4 Å². The zero-order valence-electron chi connectivity index (χ0n) is 20.5. The topological polar surface area (TPSA) is 111 Å². The molecule has 0 amide bonds. The molecule has 1 aromatic carbocycles. The highest BCUT2D eigenvalue weighted by molar-refractivity contribution is 5.72. The lowest BCUT2D eigenvalue weighted by Crippen LogP contribution is -2.33. The Morgan fingerprint density at radius 3 is 2.58 bits per heavy atom. The predicted octanol–water partition coefficient (Wildman–Crippen LogP) is 3.04. The van der Waals surface area contributed by atoms with Gasteiger partial charge in [0.15, 0.2) is 23.1 Å². The molecule has 188 valence electrons. The lowest BCUT2D eigenvalue weighted by molar-refractivity contribution is 0.261. The van der Waals surface area contributed by atoms with E-state index >= 15 is 0 Å². The van der Waals surface area contributed by atoms with Gasteiger partial charge in [-0.25, -0.2) is 9.50 Å². The molecule has 4 heterocycles. The number of methoxy groups -OCH3 is 3. The second-order valence-corrected chi connectivity index (χ2v) is 9.44. The summed E-state index contributed by atoms with van der Waals surface area (Å²) in [6.07, 6.45) is 8.86. The fourth-order valence-electron chi connectivity index (χ4n) is 5.16. The van der Waals surface area contributed by atoms with Crippen LogP contribution in [0.1, 0.15) is 19.3 Å². The molecule has 2 aliphatic rings. The molecule has 6 rings (SSSR count). The molecule has 1 aliphatic carbocycles. The Hall–Kier alpha value is -3.99. The van der Waals surface area contributed by atoms with E-state index in [4.69, 9.17) is 19.2 Å². The number of hydrogen-bond donors (Lipinski definition) is 2. The minimum absolute atomic E-state index is 0.0631. The number of aromatic nitrogens is 5. The third-order valence-corrected chi connectivity index (χ3v) is 7.20. The summed E-state index contributed by atoms with van der Waals surface area (Å²) in [5, 5.41) is 17.9. The predicted molar refractivity (Wildman–Crippen MR) is 134 cm³/mol. The largest absolute Gasteiger partial charge is 0.493 e. The fraction of sp³-hybridized carbons (Fsp3) is 0.400. The Labute approximate surface area is 208 Å². The van der Waals surface area contributed by atoms with Crippen molar-refractivity contribution >= 4 is 23.1 Å². The molecule has 1 aliphatic heterocycles. The summed E-state index contributed by atoms with van der Waals surface area (Å²) in [5.41, 5.74) is 2.04. The number of imidazole rings is 1. The van der Waals surface area contributed by atoms with E-state index in [1.807, 2.05) is 45.7 Å². The molecule has 3 aromatic heterocycles. The van der Waals surface area contributed by atoms with Crippen molar-refractivity contribution in [2.75, 3.05) is 44.7 Å². The van der Waals surface area contributed by atoms with E-state index in [0.717, 1.165) is 30.0 Å². The lowest BCUT2D eigenvalue weighted by Gasteiger charge is -2.25. The summed E-state index contributed by atoms with van der Waals surface area (Å²) >= 11 is 0. The average Bonchev–Trinajstić information content (AvgIpc) is 3.25. The number of aliphatic hydroxyl groups is 1. The van der Waals surface area contributed by atoms with Crippen LogP contribution in [-0.4, -0.2) is 69.8 Å². The van der Waals surface area contributed by atoms with E-state index in [9.17, 15) is 5.11 Å². The summed E-state index contributed by atoms with van der Waals surface area (Å²) in [7, 11) is 4.74. The monoisotopic (exact) mass is 491 g/mol. The molecular weight excluding hydrogens is 462 g/mol. The van der Waals surface area contributed by atoms with E-state index in [2.05, 4.69) is 20.3 Å². The number of anilines is 3. The van der Waals surface area contributed by atoms with Crippen molar-refractivity contribution in [3.63, 3.8) is 0 Å². The maximum absolute atomic E-state index is 10.1. The Morgan fingerprint density at radius 2 is 1.92 bits per heavy atom. The molecule has 2 fully saturated rings. The molecule has 0 bridgehead atoms. The van der Waals surface area contributed by atoms with Crippen LogP contribution in [0.25, 0.3) is 11.2 Å². The first-order valence-electron chi connectivity index (χ1n) is 11.9. The van der Waals surface area contributed by atoms with Crippen LogP contribution in [0.4, 0.5) is 17.6 Å². The zero-order chi connectivity index (χ0) is 24.9. The van der Waals surface area contributed by atoms with Crippen molar-refractivity contribution in [3.8, 4) is 22.9 Å². The van der Waals surface area contributed by atoms with E-state index < -0.39 is 0 Å². The van der Waals surface area contributed by atoms with Gasteiger partial charge in [0.05, 0.1) is 45.9 Å². The van der Waals surface area contributed by atoms with Crippen LogP contribution in [0.3, 0.4) is 0 Å². The summed E-state index contributed by atoms with van der Waals surface area (Å²) in [6.45, 7) is 1.02. The van der Waals surface area contributed by atoms with Gasteiger partial charge in [0.1, 0.15) is 11.8 Å². The van der Waals surface area contributed by atoms with Crippen LogP contribution in [0.15, 0.2) is 43.0 Å². The number of fused-ring (bicyclic) bond motifs is 1. The zero-order valence-corrected chi connectivity index (χ0v) is 20.5. The van der Waals surface area contributed by atoms with Crippen LogP contribution in [0.2, 0.25) is 0 Å². The number of aliphatic hydroxyl groups excluding tert-OH is 1. The van der Waals surface area contributed by atoms with Gasteiger partial charge in [0.2, 0.25) is 11.7 Å². The molecular formula is C25H29N7O4. The summed E-state index contributed by atoms with van der Waals surface area (Å²) in [6, 6.07) is 7.72. The number of ether oxygens (including phenoxy) is 3. The number of nitrogens with one attached hydrogen (secondary N) is 1. The summed E-state index contributed by atoms with van der Waals surface area (Å²) in [5.74, 6) is 3.47. The quantitative estimate of drug-likeness (QED) is 0.384. The van der Waals surface area contributed by atoms with Crippen LogP contribution >= 0.6 is 0 Å². The molecule has 0 radical (unpaired) electrons. The minimum Gasteiger partial charge on any atom is -0.493 e. The average molecular weight is 492 g/mol. The standard InChI is InChI=1S/C25H29N7O4/c1-34-19-9-16(10-20(35-2)22(19)36-3)30-12-21(26-15-30)27-24-28-23(18-5-4-8-32(18)29-24)31-14-25(6-7-25)11-17(31)13-33/h4-5,8-10,12,15,17,33H,6-7,11,13-14H2,1-3H3,(H,27,29)/t17-/m0/s1. The normalized spacial score (nSPS) is 18.1. The molecule has 2 N–H and O–H groups in total. The van der Waals surface area contributed by atoms with E-state index in [-0.39, 0.29) is 12.6 Å². The molecule has 1 atom stereocenters. The van der Waals surface area contributed by atoms with Crippen LogP contribution in [0, 0.1) is 5.41 Å². The first-order valence-corrected chi connectivity index (χ1v) is 11.9. The highest BCUT2D eigenvalue weighted by Gasteiger charge is 2.52. The maximum atomic E-state index is 10.1. The second-order valence-electron chi connectivity index (χ2n) is 9.44. The molecule has 0 unspecified atom stereocenters. The minimum atomic E-state index is 0.0631. The third kappa shape index (κ3) is 3.76. The molecule has 4 aromatic rings. The van der Waals surface area contributed by atoms with E-state index in [1.54, 1.807) is 27.7 Å². The van der Waals surface area contributed by atoms with Gasteiger partial charge in [0.25, 0.3) is 0 Å². The number of hydrogen-bond acceptors (Lipinski definition) is 9. The van der Waals surface area contributed by atoms with Crippen molar-refractivity contribution in [3.05, 3.63) is 43.0 Å². The number of benzene rings is 1. The maximum Gasteiger partial charge on any atom is 0.248 e. The Balaban J connectivity index is 1.31. The molecule has 1 saturated carbocycles. The summed E-state index contributed by atoms with van der Waals surface area (Å²) in [4.78, 5) is 11.6. The highest BCUT2D eigenvalue weighted by Crippen LogP contribution is 2.55. The fourth-order valence-corrected chi connectivity index (χ4v) is 5.16. The Kier molecular flexibility index (Phi) is 5.36. The van der Waals surface area contributed by atoms with Crippen molar-refractivity contribution in [1.82, 2.24) is 24.1 Å². The molecule has 36 heavy (non-hydrogen) atoms. The van der Waals surface area contributed by atoms with Gasteiger partial charge in [0, 0.05) is 24.9 Å². The van der Waals surface area contributed by atoms with Crippen molar-refractivity contribution in [1.29, 1.82) is 0 Å². The van der Waals surface area contributed by atoms with Crippen LogP contribution < -0.4 is 24.4 Å². The molecule has 1 spiro atoms.